The van der Waals surface area contributed by atoms with Crippen LogP contribution in [0.2, 0.25) is 0 Å². The van der Waals surface area contributed by atoms with Gasteiger partial charge in [-0.25, -0.2) is 4.39 Å². The van der Waals surface area contributed by atoms with Crippen LogP contribution < -0.4 is 16.4 Å². The van der Waals surface area contributed by atoms with Gasteiger partial charge in [0.2, 0.25) is 0 Å². The lowest BCUT2D eigenvalue weighted by atomic mass is 9.90. The molecule has 0 fully saturated rings. The maximum atomic E-state index is 13.8. The molecule has 2 aromatic rings. The van der Waals surface area contributed by atoms with Gasteiger partial charge in [0.25, 0.3) is 11.8 Å². The van der Waals surface area contributed by atoms with Gasteiger partial charge in [0.05, 0.1) is 5.56 Å². The molecule has 150 valence electrons. The van der Waals surface area contributed by atoms with Crippen LogP contribution in [0.3, 0.4) is 0 Å². The minimum atomic E-state index is -0.598. The number of carbonyl (C=O) groups excluding carboxylic acids is 2. The lowest BCUT2D eigenvalue weighted by Crippen LogP contribution is -2.52. The zero-order chi connectivity index (χ0) is 20.9. The number of carbonyl (C=O) groups is 2. The molecule has 0 aliphatic heterocycles. The molecule has 6 heteroatoms. The molecular formula is C22H28FN3O2. The van der Waals surface area contributed by atoms with Crippen LogP contribution in [0.4, 0.5) is 10.1 Å². The molecule has 0 aromatic heterocycles. The average molecular weight is 385 g/mol. The summed E-state index contributed by atoms with van der Waals surface area (Å²) < 4.78 is 13.8. The zero-order valence-corrected chi connectivity index (χ0v) is 16.8. The highest BCUT2D eigenvalue weighted by molar-refractivity contribution is 6.05. The van der Waals surface area contributed by atoms with E-state index in [0.29, 0.717) is 23.7 Å². The number of anilines is 1. The first kappa shape index (κ1) is 21.6. The number of benzene rings is 2. The third-order valence-electron chi connectivity index (χ3n) is 4.59. The topological polar surface area (TPSA) is 84.2 Å². The molecule has 1 atom stereocenters. The van der Waals surface area contributed by atoms with E-state index < -0.39 is 17.3 Å². The van der Waals surface area contributed by atoms with Crippen molar-refractivity contribution in [1.29, 1.82) is 0 Å². The summed E-state index contributed by atoms with van der Waals surface area (Å²) in [5, 5.41) is 5.68. The number of nitrogens with one attached hydrogen (secondary N) is 2. The highest BCUT2D eigenvalue weighted by Gasteiger charge is 2.26. The number of amides is 2. The molecule has 2 rings (SSSR count). The van der Waals surface area contributed by atoms with Crippen molar-refractivity contribution in [2.45, 2.75) is 39.7 Å². The number of hydrogen-bond donors (Lipinski definition) is 3. The van der Waals surface area contributed by atoms with Crippen LogP contribution in [0.1, 0.15) is 53.5 Å². The summed E-state index contributed by atoms with van der Waals surface area (Å²) in [7, 11) is 0. The Kier molecular flexibility index (Phi) is 6.91. The third-order valence-corrected chi connectivity index (χ3v) is 4.59. The number of aryl methyl sites for hydroxylation is 1. The third kappa shape index (κ3) is 5.39. The quantitative estimate of drug-likeness (QED) is 0.676. The van der Waals surface area contributed by atoms with Crippen LogP contribution in [0.15, 0.2) is 42.5 Å². The number of halogens is 1. The molecule has 4 N–H and O–H groups in total. The Bertz CT molecular complexity index is 867. The van der Waals surface area contributed by atoms with Gasteiger partial charge in [0.15, 0.2) is 0 Å². The van der Waals surface area contributed by atoms with Crippen LogP contribution in [0.5, 0.6) is 0 Å². The molecular weight excluding hydrogens is 357 g/mol. The van der Waals surface area contributed by atoms with E-state index in [1.165, 1.54) is 18.2 Å². The van der Waals surface area contributed by atoms with Crippen molar-refractivity contribution >= 4 is 17.5 Å². The summed E-state index contributed by atoms with van der Waals surface area (Å²) in [5.41, 5.74) is 6.93. The molecule has 0 saturated carbocycles. The van der Waals surface area contributed by atoms with Crippen LogP contribution in [0.25, 0.3) is 0 Å². The second kappa shape index (κ2) is 8.97. The fourth-order valence-corrected chi connectivity index (χ4v) is 3.17. The van der Waals surface area contributed by atoms with Gasteiger partial charge in [-0.15, -0.1) is 0 Å². The maximum Gasteiger partial charge on any atom is 0.258 e. The minimum absolute atomic E-state index is 0.0515. The summed E-state index contributed by atoms with van der Waals surface area (Å²) in [4.78, 5) is 25.1. The molecule has 5 nitrogen and oxygen atoms in total. The van der Waals surface area contributed by atoms with Crippen molar-refractivity contribution < 1.29 is 14.0 Å². The molecule has 0 saturated heterocycles. The summed E-state index contributed by atoms with van der Waals surface area (Å²) in [6.07, 6.45) is 0.748. The van der Waals surface area contributed by atoms with Crippen LogP contribution in [-0.2, 0) is 0 Å². The van der Waals surface area contributed by atoms with Crippen molar-refractivity contribution in [1.82, 2.24) is 5.32 Å². The predicted octanol–water partition coefficient (Wildman–Crippen LogP) is 3.88. The van der Waals surface area contributed by atoms with Crippen LogP contribution >= 0.6 is 0 Å². The number of rotatable bonds is 7. The first-order chi connectivity index (χ1) is 13.1. The lowest BCUT2D eigenvalue weighted by Gasteiger charge is -2.31. The van der Waals surface area contributed by atoms with Crippen LogP contribution in [-0.4, -0.2) is 23.9 Å². The summed E-state index contributed by atoms with van der Waals surface area (Å²) in [6.45, 7) is 8.19. The Morgan fingerprint density at radius 1 is 1.14 bits per heavy atom. The van der Waals surface area contributed by atoms with Crippen molar-refractivity contribution in [2.75, 3.05) is 11.9 Å². The van der Waals surface area contributed by atoms with E-state index in [-0.39, 0.29) is 11.5 Å². The fourth-order valence-electron chi connectivity index (χ4n) is 3.17. The first-order valence-corrected chi connectivity index (χ1v) is 9.34. The average Bonchev–Trinajstić information content (AvgIpc) is 2.63. The normalized spacial score (nSPS) is 13.1. The molecule has 0 heterocycles. The maximum absolute atomic E-state index is 13.8. The van der Waals surface area contributed by atoms with E-state index in [2.05, 4.69) is 24.5 Å². The van der Waals surface area contributed by atoms with Crippen molar-refractivity contribution in [2.24, 2.45) is 11.7 Å². The SMILES string of the molecule is Cc1ccc(C(=O)NC(C)(CN)CC(C)C)cc1NC(=O)c1ccccc1F. The largest absolute Gasteiger partial charge is 0.346 e. The van der Waals surface area contributed by atoms with E-state index in [1.807, 2.05) is 6.92 Å². The highest BCUT2D eigenvalue weighted by Crippen LogP contribution is 2.21. The lowest BCUT2D eigenvalue weighted by molar-refractivity contribution is 0.0897. The van der Waals surface area contributed by atoms with Gasteiger partial charge in [0.1, 0.15) is 5.82 Å². The van der Waals surface area contributed by atoms with Crippen molar-refractivity contribution in [3.05, 3.63) is 65.0 Å². The number of hydrogen-bond acceptors (Lipinski definition) is 3. The van der Waals surface area contributed by atoms with Gasteiger partial charge in [-0.1, -0.05) is 32.0 Å². The molecule has 28 heavy (non-hydrogen) atoms. The molecule has 0 spiro atoms. The second-order valence-corrected chi connectivity index (χ2v) is 7.78. The van der Waals surface area contributed by atoms with Crippen molar-refractivity contribution in [3.8, 4) is 0 Å². The Hall–Kier alpha value is -2.73. The molecule has 2 amide bonds. The smallest absolute Gasteiger partial charge is 0.258 e. The van der Waals surface area contributed by atoms with E-state index >= 15 is 0 Å². The van der Waals surface area contributed by atoms with Gasteiger partial charge in [-0.2, -0.15) is 0 Å². The highest BCUT2D eigenvalue weighted by atomic mass is 19.1. The molecule has 0 bridgehead atoms. The van der Waals surface area contributed by atoms with E-state index in [4.69, 9.17) is 5.73 Å². The molecule has 0 radical (unpaired) electrons. The standard InChI is InChI=1S/C22H28FN3O2/c1-14(2)12-22(4,13-24)26-20(27)16-10-9-15(3)19(11-16)25-21(28)17-7-5-6-8-18(17)23/h5-11,14H,12-13,24H2,1-4H3,(H,25,28)(H,26,27). The summed E-state index contributed by atoms with van der Waals surface area (Å²) >= 11 is 0. The van der Waals surface area contributed by atoms with Gasteiger partial charge >= 0.3 is 0 Å². The second-order valence-electron chi connectivity index (χ2n) is 7.78. The van der Waals surface area contributed by atoms with Crippen molar-refractivity contribution in [3.63, 3.8) is 0 Å². The molecule has 0 aliphatic rings. The molecule has 2 aromatic carbocycles. The molecule has 0 aliphatic carbocycles. The summed E-state index contributed by atoms with van der Waals surface area (Å²) in [5.74, 6) is -1.05. The van der Waals surface area contributed by atoms with Gasteiger partial charge in [-0.3, -0.25) is 9.59 Å². The predicted molar refractivity (Wildman–Crippen MR) is 110 cm³/mol. The van der Waals surface area contributed by atoms with Gasteiger partial charge in [0, 0.05) is 23.3 Å². The Balaban J connectivity index is 2.21. The Morgan fingerprint density at radius 3 is 2.43 bits per heavy atom. The van der Waals surface area contributed by atoms with Crippen LogP contribution in [0, 0.1) is 18.7 Å². The Morgan fingerprint density at radius 2 is 1.82 bits per heavy atom. The fraction of sp³-hybridized carbons (Fsp3) is 0.364. The van der Waals surface area contributed by atoms with E-state index in [0.717, 1.165) is 12.0 Å². The Labute approximate surface area is 165 Å². The van der Waals surface area contributed by atoms with Gasteiger partial charge in [-0.05, 0) is 56.0 Å². The monoisotopic (exact) mass is 385 g/mol. The van der Waals surface area contributed by atoms with Gasteiger partial charge < -0.3 is 16.4 Å². The summed E-state index contributed by atoms with van der Waals surface area (Å²) in [6, 6.07) is 10.8. The molecule has 1 unspecified atom stereocenters. The zero-order valence-electron chi connectivity index (χ0n) is 16.8. The first-order valence-electron chi connectivity index (χ1n) is 9.34. The van der Waals surface area contributed by atoms with E-state index in [1.54, 1.807) is 31.2 Å². The minimum Gasteiger partial charge on any atom is -0.346 e. The number of nitrogens with two attached hydrogens (primary N) is 1. The van der Waals surface area contributed by atoms with E-state index in [9.17, 15) is 14.0 Å².